The molecule has 0 fully saturated rings. The van der Waals surface area contributed by atoms with Gasteiger partial charge in [0.25, 0.3) is 0 Å². The van der Waals surface area contributed by atoms with Crippen LogP contribution in [0.2, 0.25) is 0 Å². The maximum atomic E-state index is 5.48. The highest BCUT2D eigenvalue weighted by Crippen LogP contribution is 2.44. The quantitative estimate of drug-likeness (QED) is 0.507. The molecule has 1 aromatic carbocycles. The SMILES string of the molecule is C1=CC2Oc3cccc(c32)C1. The van der Waals surface area contributed by atoms with Gasteiger partial charge in [-0.25, -0.2) is 0 Å². The largest absolute Gasteiger partial charge is 0.481 e. The lowest BCUT2D eigenvalue weighted by atomic mass is 9.90. The zero-order valence-corrected chi connectivity index (χ0v) is 6.08. The molecule has 11 heavy (non-hydrogen) atoms. The van der Waals surface area contributed by atoms with E-state index in [1.807, 2.05) is 6.07 Å². The predicted molar refractivity (Wildman–Crippen MR) is 42.7 cm³/mol. The van der Waals surface area contributed by atoms with Gasteiger partial charge in [0.1, 0.15) is 11.9 Å². The molecule has 54 valence electrons. The minimum atomic E-state index is 0.273. The number of benzene rings is 1. The second-order valence-corrected chi connectivity index (χ2v) is 3.00. The monoisotopic (exact) mass is 144 g/mol. The molecule has 1 atom stereocenters. The summed E-state index contributed by atoms with van der Waals surface area (Å²) in [6, 6.07) is 6.27. The first-order chi connectivity index (χ1) is 5.45. The van der Waals surface area contributed by atoms with E-state index >= 15 is 0 Å². The van der Waals surface area contributed by atoms with Crippen LogP contribution in [0.3, 0.4) is 0 Å². The maximum absolute atomic E-state index is 5.48. The van der Waals surface area contributed by atoms with E-state index in [1.54, 1.807) is 0 Å². The third-order valence-electron chi connectivity index (χ3n) is 2.34. The fourth-order valence-corrected chi connectivity index (χ4v) is 1.78. The predicted octanol–water partition coefficient (Wildman–Crippen LogP) is 2.23. The lowest BCUT2D eigenvalue weighted by molar-refractivity contribution is 0.189. The highest BCUT2D eigenvalue weighted by Gasteiger charge is 2.29. The van der Waals surface area contributed by atoms with E-state index in [1.165, 1.54) is 11.1 Å². The molecule has 1 nitrogen and oxygen atoms in total. The standard InChI is InChI=1S/C10H8O/c1-3-7-4-2-6-9-10(7)8(5-1)11-9/h1-3,5-6,9H,4H2. The molecule has 1 heterocycles. The van der Waals surface area contributed by atoms with Crippen molar-refractivity contribution in [3.8, 4) is 5.75 Å². The van der Waals surface area contributed by atoms with Crippen LogP contribution in [0.15, 0.2) is 30.4 Å². The van der Waals surface area contributed by atoms with Crippen LogP contribution in [0, 0.1) is 0 Å². The number of rotatable bonds is 0. The summed E-state index contributed by atoms with van der Waals surface area (Å²) < 4.78 is 5.48. The molecule has 1 aliphatic heterocycles. The van der Waals surface area contributed by atoms with Crippen LogP contribution in [0.1, 0.15) is 17.2 Å². The van der Waals surface area contributed by atoms with Crippen molar-refractivity contribution in [1.82, 2.24) is 0 Å². The Bertz CT molecular complexity index is 339. The van der Waals surface area contributed by atoms with E-state index in [4.69, 9.17) is 4.74 Å². The van der Waals surface area contributed by atoms with Gasteiger partial charge in [-0.1, -0.05) is 18.2 Å². The van der Waals surface area contributed by atoms with Crippen molar-refractivity contribution in [2.24, 2.45) is 0 Å². The molecule has 1 aliphatic carbocycles. The van der Waals surface area contributed by atoms with Gasteiger partial charge >= 0.3 is 0 Å². The summed E-state index contributed by atoms with van der Waals surface area (Å²) in [5, 5.41) is 0. The van der Waals surface area contributed by atoms with Gasteiger partial charge in [-0.15, -0.1) is 0 Å². The number of ether oxygens (including phenoxy) is 1. The molecule has 3 rings (SSSR count). The molecule has 0 saturated carbocycles. The number of hydrogen-bond donors (Lipinski definition) is 0. The zero-order valence-electron chi connectivity index (χ0n) is 6.08. The molecule has 0 bridgehead atoms. The lowest BCUT2D eigenvalue weighted by Crippen LogP contribution is -2.21. The zero-order chi connectivity index (χ0) is 7.26. The average Bonchev–Trinajstić information content (AvgIpc) is 2.01. The minimum absolute atomic E-state index is 0.273. The van der Waals surface area contributed by atoms with Crippen LogP contribution < -0.4 is 4.74 Å². The van der Waals surface area contributed by atoms with Crippen molar-refractivity contribution < 1.29 is 4.74 Å². The van der Waals surface area contributed by atoms with Crippen molar-refractivity contribution >= 4 is 0 Å². The van der Waals surface area contributed by atoms with Gasteiger partial charge in [-0.05, 0) is 24.1 Å². The summed E-state index contributed by atoms with van der Waals surface area (Å²) in [5.41, 5.74) is 2.84. The molecular formula is C10H8O. The second-order valence-electron chi connectivity index (χ2n) is 3.00. The molecular weight excluding hydrogens is 136 g/mol. The van der Waals surface area contributed by atoms with Gasteiger partial charge in [0, 0.05) is 5.56 Å². The van der Waals surface area contributed by atoms with Crippen LogP contribution in [-0.4, -0.2) is 0 Å². The summed E-state index contributed by atoms with van der Waals surface area (Å²) in [5.74, 6) is 1.08. The molecule has 0 radical (unpaired) electrons. The van der Waals surface area contributed by atoms with Crippen LogP contribution in [0.5, 0.6) is 5.75 Å². The maximum Gasteiger partial charge on any atom is 0.146 e. The molecule has 2 aliphatic rings. The molecule has 1 heteroatoms. The van der Waals surface area contributed by atoms with Crippen LogP contribution in [0.4, 0.5) is 0 Å². The molecule has 0 aromatic heterocycles. The highest BCUT2D eigenvalue weighted by molar-refractivity contribution is 5.52. The summed E-state index contributed by atoms with van der Waals surface area (Å²) in [4.78, 5) is 0. The van der Waals surface area contributed by atoms with E-state index in [0.29, 0.717) is 0 Å². The smallest absolute Gasteiger partial charge is 0.146 e. The van der Waals surface area contributed by atoms with Crippen molar-refractivity contribution in [3.63, 3.8) is 0 Å². The third-order valence-corrected chi connectivity index (χ3v) is 2.34. The third kappa shape index (κ3) is 0.559. The van der Waals surface area contributed by atoms with E-state index in [0.717, 1.165) is 12.2 Å². The van der Waals surface area contributed by atoms with Crippen LogP contribution in [0.25, 0.3) is 0 Å². The molecule has 0 N–H and O–H groups in total. The molecule has 0 saturated heterocycles. The van der Waals surface area contributed by atoms with Gasteiger partial charge in [-0.3, -0.25) is 0 Å². The Morgan fingerprint density at radius 3 is 3.27 bits per heavy atom. The number of hydrogen-bond acceptors (Lipinski definition) is 1. The molecule has 0 amide bonds. The van der Waals surface area contributed by atoms with E-state index in [9.17, 15) is 0 Å². The fourth-order valence-electron chi connectivity index (χ4n) is 1.78. The van der Waals surface area contributed by atoms with Gasteiger partial charge in [0.2, 0.25) is 0 Å². The normalized spacial score (nSPS) is 23.5. The van der Waals surface area contributed by atoms with E-state index in [2.05, 4.69) is 24.3 Å². The Labute approximate surface area is 65.3 Å². The van der Waals surface area contributed by atoms with Gasteiger partial charge in [0.15, 0.2) is 0 Å². The highest BCUT2D eigenvalue weighted by atomic mass is 16.5. The van der Waals surface area contributed by atoms with Crippen molar-refractivity contribution in [2.45, 2.75) is 12.5 Å². The van der Waals surface area contributed by atoms with Gasteiger partial charge < -0.3 is 4.74 Å². The molecule has 1 unspecified atom stereocenters. The fraction of sp³-hybridized carbons (Fsp3) is 0.200. The minimum Gasteiger partial charge on any atom is -0.481 e. The second kappa shape index (κ2) is 1.67. The summed E-state index contributed by atoms with van der Waals surface area (Å²) in [6.45, 7) is 0. The Hall–Kier alpha value is -1.24. The molecule has 1 aromatic rings. The van der Waals surface area contributed by atoms with Gasteiger partial charge in [0.05, 0.1) is 0 Å². The Balaban J connectivity index is 2.29. The van der Waals surface area contributed by atoms with E-state index < -0.39 is 0 Å². The topological polar surface area (TPSA) is 9.23 Å². The van der Waals surface area contributed by atoms with Crippen molar-refractivity contribution in [1.29, 1.82) is 0 Å². The first kappa shape index (κ1) is 5.42. The van der Waals surface area contributed by atoms with E-state index in [-0.39, 0.29) is 6.10 Å². The lowest BCUT2D eigenvalue weighted by Gasteiger charge is -2.33. The Kier molecular flexibility index (Phi) is 0.823. The number of allylic oxidation sites excluding steroid dienone is 1. The first-order valence-electron chi connectivity index (χ1n) is 3.90. The van der Waals surface area contributed by atoms with Crippen LogP contribution >= 0.6 is 0 Å². The summed E-state index contributed by atoms with van der Waals surface area (Å²) in [6.07, 6.45) is 5.66. The summed E-state index contributed by atoms with van der Waals surface area (Å²) >= 11 is 0. The Morgan fingerprint density at radius 1 is 1.36 bits per heavy atom. The molecule has 0 spiro atoms. The van der Waals surface area contributed by atoms with Crippen molar-refractivity contribution in [3.05, 3.63) is 41.5 Å². The van der Waals surface area contributed by atoms with Crippen LogP contribution in [-0.2, 0) is 6.42 Å². The Morgan fingerprint density at radius 2 is 2.36 bits per heavy atom. The van der Waals surface area contributed by atoms with Crippen molar-refractivity contribution in [2.75, 3.05) is 0 Å². The average molecular weight is 144 g/mol. The first-order valence-corrected chi connectivity index (χ1v) is 3.90. The summed E-state index contributed by atoms with van der Waals surface area (Å²) in [7, 11) is 0. The van der Waals surface area contributed by atoms with Gasteiger partial charge in [-0.2, -0.15) is 0 Å².